The van der Waals surface area contributed by atoms with E-state index in [0.29, 0.717) is 0 Å². The lowest BCUT2D eigenvalue weighted by Crippen LogP contribution is -2.88. The molecule has 1 fully saturated rings. The molecule has 1 aliphatic heterocycles. The van der Waals surface area contributed by atoms with E-state index in [2.05, 4.69) is 5.32 Å². The number of primary sulfonamides is 1. The minimum Gasteiger partial charge on any atom is -0.463 e. The third-order valence-electron chi connectivity index (χ3n) is 5.53. The van der Waals surface area contributed by atoms with Gasteiger partial charge in [0.2, 0.25) is 5.91 Å². The number of carbonyl (C=O) groups is 4. The van der Waals surface area contributed by atoms with E-state index in [0.717, 1.165) is 19.4 Å². The van der Waals surface area contributed by atoms with Crippen LogP contribution in [0.4, 0.5) is 0 Å². The molecule has 0 saturated carbocycles. The second kappa shape index (κ2) is 15.6. The van der Waals surface area contributed by atoms with Crippen molar-refractivity contribution in [3.63, 3.8) is 0 Å². The van der Waals surface area contributed by atoms with Crippen molar-refractivity contribution in [3.8, 4) is 0 Å². The molecule has 5 atom stereocenters. The van der Waals surface area contributed by atoms with Crippen LogP contribution >= 0.6 is 0 Å². The predicted molar refractivity (Wildman–Crippen MR) is 136 cm³/mol. The van der Waals surface area contributed by atoms with Crippen LogP contribution in [0, 0.1) is 6.92 Å². The second-order valence-electron chi connectivity index (χ2n) is 9.02. The lowest BCUT2D eigenvalue weighted by atomic mass is 9.96. The van der Waals surface area contributed by atoms with Crippen LogP contribution in [-0.4, -0.2) is 95.8 Å². The zero-order chi connectivity index (χ0) is 29.9. The number of carbonyl (C=O) groups excluding carboxylic acids is 4. The molecule has 1 aliphatic rings. The van der Waals surface area contributed by atoms with Crippen LogP contribution in [0.15, 0.2) is 29.2 Å². The number of aryl methyl sites for hydroxylation is 1. The normalized spacial score (nSPS) is 22.7. The van der Waals surface area contributed by atoms with Gasteiger partial charge in [0.1, 0.15) is 30.2 Å². The molecular formula is C25H37N2O12S+. The molecule has 15 heteroatoms. The van der Waals surface area contributed by atoms with E-state index in [1.54, 1.807) is 12.1 Å². The van der Waals surface area contributed by atoms with E-state index in [9.17, 15) is 27.6 Å². The molecule has 0 bridgehead atoms. The zero-order valence-corrected chi connectivity index (χ0v) is 23.9. The van der Waals surface area contributed by atoms with Crippen LogP contribution in [0.3, 0.4) is 0 Å². The molecule has 0 unspecified atom stereocenters. The summed E-state index contributed by atoms with van der Waals surface area (Å²) in [6.45, 7) is 6.42. The summed E-state index contributed by atoms with van der Waals surface area (Å²) in [5, 5.41) is 2.60. The number of esters is 3. The first-order valence-electron chi connectivity index (χ1n) is 12.5. The predicted octanol–water partition coefficient (Wildman–Crippen LogP) is -1.06. The molecular weight excluding hydrogens is 552 g/mol. The van der Waals surface area contributed by atoms with E-state index >= 15 is 0 Å². The Kier molecular flexibility index (Phi) is 12.9. The van der Waals surface area contributed by atoms with Gasteiger partial charge < -0.3 is 33.7 Å². The highest BCUT2D eigenvalue weighted by Gasteiger charge is 2.51. The van der Waals surface area contributed by atoms with Crippen molar-refractivity contribution in [1.82, 2.24) is 5.32 Å². The number of hydrogen-bond acceptors (Lipinski definition) is 12. The van der Waals surface area contributed by atoms with Gasteiger partial charge in [0, 0.05) is 27.7 Å². The highest BCUT2D eigenvalue weighted by atomic mass is 32.2. The van der Waals surface area contributed by atoms with Crippen molar-refractivity contribution in [3.05, 3.63) is 29.8 Å². The average Bonchev–Trinajstić information content (AvgIpc) is 2.85. The van der Waals surface area contributed by atoms with Crippen LogP contribution in [0.2, 0.25) is 0 Å². The summed E-state index contributed by atoms with van der Waals surface area (Å²) >= 11 is 0. The zero-order valence-electron chi connectivity index (χ0n) is 23.1. The van der Waals surface area contributed by atoms with Gasteiger partial charge in [-0.1, -0.05) is 17.7 Å². The lowest BCUT2D eigenvalue weighted by Gasteiger charge is -2.44. The van der Waals surface area contributed by atoms with Gasteiger partial charge >= 0.3 is 27.9 Å². The Balaban J connectivity index is 2.01. The third kappa shape index (κ3) is 10.8. The Hall–Kier alpha value is -3.11. The molecule has 1 aromatic rings. The summed E-state index contributed by atoms with van der Waals surface area (Å²) in [6.07, 6.45) is -4.75. The summed E-state index contributed by atoms with van der Waals surface area (Å²) in [5.41, 5.74) is 0.948. The van der Waals surface area contributed by atoms with E-state index in [-0.39, 0.29) is 37.9 Å². The van der Waals surface area contributed by atoms with E-state index in [1.807, 2.05) is 6.92 Å². The number of benzene rings is 1. The molecule has 2 rings (SSSR count). The van der Waals surface area contributed by atoms with Crippen molar-refractivity contribution in [2.24, 2.45) is 0 Å². The number of nitrogens with two attached hydrogens (primary N) is 1. The molecule has 1 heterocycles. The molecule has 0 radical (unpaired) electrons. The Morgan fingerprint density at radius 1 is 0.900 bits per heavy atom. The van der Waals surface area contributed by atoms with Crippen molar-refractivity contribution in [1.29, 1.82) is 0 Å². The van der Waals surface area contributed by atoms with Crippen LogP contribution in [-0.2, 0) is 57.6 Å². The van der Waals surface area contributed by atoms with E-state index < -0.39 is 64.5 Å². The molecule has 0 spiro atoms. The molecule has 224 valence electrons. The van der Waals surface area contributed by atoms with Crippen molar-refractivity contribution in [2.45, 2.75) is 70.2 Å². The smallest absolute Gasteiger partial charge is 0.324 e. The quantitative estimate of drug-likeness (QED) is 0.152. The minimum absolute atomic E-state index is 0.0330. The van der Waals surface area contributed by atoms with E-state index in [1.165, 1.54) is 30.7 Å². The van der Waals surface area contributed by atoms with Crippen LogP contribution < -0.4 is 10.0 Å². The number of sulfonamides is 1. The van der Waals surface area contributed by atoms with Crippen LogP contribution in [0.1, 0.15) is 33.3 Å². The van der Waals surface area contributed by atoms with Gasteiger partial charge in [-0.05, 0) is 19.1 Å². The van der Waals surface area contributed by atoms with Gasteiger partial charge in [0.05, 0.1) is 19.8 Å². The summed E-state index contributed by atoms with van der Waals surface area (Å²) in [7, 11) is -3.56. The number of nitrogens with one attached hydrogen (secondary N) is 1. The Morgan fingerprint density at radius 3 is 2.10 bits per heavy atom. The maximum atomic E-state index is 12.4. The van der Waals surface area contributed by atoms with Gasteiger partial charge in [0.15, 0.2) is 18.5 Å². The summed E-state index contributed by atoms with van der Waals surface area (Å²) in [5.74, 6) is -2.55. The highest BCUT2D eigenvalue weighted by Crippen LogP contribution is 2.28. The minimum atomic E-state index is -3.56. The third-order valence-corrected chi connectivity index (χ3v) is 7.13. The SMILES string of the molecule is CC(=O)N[C@H]1[C@H](OCCOCC[NH2+]S(=O)(=O)c2ccc(C)cc2)O[C@H](COC(C)=O)[C@H](OC(C)=O)[C@@H]1OC(C)=O. The monoisotopic (exact) mass is 589 g/mol. The first-order chi connectivity index (χ1) is 18.8. The number of amides is 1. The largest absolute Gasteiger partial charge is 0.463 e. The fraction of sp³-hybridized carbons (Fsp3) is 0.600. The molecule has 1 amide bonds. The molecule has 40 heavy (non-hydrogen) atoms. The maximum absolute atomic E-state index is 12.4. The molecule has 1 aromatic carbocycles. The topological polar surface area (TPSA) is 186 Å². The number of quaternary nitrogens is 1. The van der Waals surface area contributed by atoms with Crippen LogP contribution in [0.5, 0.6) is 0 Å². The summed E-state index contributed by atoms with van der Waals surface area (Å²) in [4.78, 5) is 47.2. The summed E-state index contributed by atoms with van der Waals surface area (Å²) in [6, 6.07) is 5.41. The Morgan fingerprint density at radius 2 is 1.52 bits per heavy atom. The van der Waals surface area contributed by atoms with Crippen molar-refractivity contribution >= 4 is 33.8 Å². The van der Waals surface area contributed by atoms with Gasteiger partial charge in [0.25, 0.3) is 0 Å². The molecule has 0 aliphatic carbocycles. The fourth-order valence-corrected chi connectivity index (χ4v) is 4.98. The first-order valence-corrected chi connectivity index (χ1v) is 14.1. The molecule has 1 saturated heterocycles. The Labute approximate surface area is 233 Å². The average molecular weight is 590 g/mol. The van der Waals surface area contributed by atoms with Gasteiger partial charge in [-0.25, -0.2) is 4.72 Å². The van der Waals surface area contributed by atoms with Crippen molar-refractivity contribution < 1.29 is 60.7 Å². The molecule has 3 N–H and O–H groups in total. The fourth-order valence-electron chi connectivity index (χ4n) is 3.87. The Bertz CT molecular complexity index is 1130. The van der Waals surface area contributed by atoms with Gasteiger partial charge in [-0.3, -0.25) is 19.2 Å². The van der Waals surface area contributed by atoms with E-state index in [4.69, 9.17) is 28.4 Å². The van der Waals surface area contributed by atoms with Crippen LogP contribution in [0.25, 0.3) is 0 Å². The molecule has 0 aromatic heterocycles. The summed E-state index contributed by atoms with van der Waals surface area (Å²) < 4.78 is 58.9. The maximum Gasteiger partial charge on any atom is 0.324 e. The van der Waals surface area contributed by atoms with Crippen molar-refractivity contribution in [2.75, 3.05) is 33.0 Å². The number of rotatable bonds is 14. The second-order valence-corrected chi connectivity index (χ2v) is 10.9. The van der Waals surface area contributed by atoms with Gasteiger partial charge in [-0.2, -0.15) is 8.42 Å². The number of ether oxygens (including phenoxy) is 6. The standard InChI is InChI=1S/C25H36N2O12S/c1-15-6-8-20(9-7-15)40(32,33)26-10-11-34-12-13-35-25-22(27-16(2)28)24(38-19(5)31)23(37-18(4)30)21(39-25)14-36-17(3)29/h6-9,21-26H,10-14H2,1-5H3,(H,27,28)/p+1/t21-,22-,23+,24-,25-/m1/s1. The van der Waals surface area contributed by atoms with Gasteiger partial charge in [-0.15, -0.1) is 0 Å². The lowest BCUT2D eigenvalue weighted by molar-refractivity contribution is -0.500. The molecule has 14 nitrogen and oxygen atoms in total. The first kappa shape index (κ1) is 33.1. The number of hydrogen-bond donors (Lipinski definition) is 2. The highest BCUT2D eigenvalue weighted by molar-refractivity contribution is 7.84.